The minimum Gasteiger partial charge on any atom is -0.382 e. The first-order valence-corrected chi connectivity index (χ1v) is 5.01. The van der Waals surface area contributed by atoms with Gasteiger partial charge < -0.3 is 11.1 Å². The summed E-state index contributed by atoms with van der Waals surface area (Å²) in [5.74, 6) is -1.01. The molecule has 1 fully saturated rings. The number of hydrogen-bond acceptors (Lipinski definition) is 4. The Kier molecular flexibility index (Phi) is 4.08. The molecule has 0 saturated heterocycles. The van der Waals surface area contributed by atoms with Crippen molar-refractivity contribution in [3.8, 4) is 0 Å². The second-order valence-corrected chi connectivity index (χ2v) is 3.65. The quantitative estimate of drug-likeness (QED) is 0.404. The Morgan fingerprint density at radius 1 is 1.40 bits per heavy atom. The van der Waals surface area contributed by atoms with Crippen LogP contribution in [0.15, 0.2) is 11.9 Å². The molecule has 84 valence electrons. The molecule has 6 nitrogen and oxygen atoms in total. The summed E-state index contributed by atoms with van der Waals surface area (Å²) in [6.45, 7) is 0. The zero-order valence-electron chi connectivity index (χ0n) is 8.44. The minimum absolute atomic E-state index is 0.230. The van der Waals surface area contributed by atoms with Crippen LogP contribution in [-0.2, 0) is 4.79 Å². The van der Waals surface area contributed by atoms with Crippen molar-refractivity contribution in [2.45, 2.75) is 38.1 Å². The SMILES string of the molecule is NC(=O)/C(=C\NC1CCCCC1)[N+](=O)[O-]. The fraction of sp³-hybridized carbons (Fsp3) is 0.667. The number of amides is 1. The lowest BCUT2D eigenvalue weighted by Crippen LogP contribution is -2.29. The van der Waals surface area contributed by atoms with Crippen molar-refractivity contribution < 1.29 is 9.72 Å². The van der Waals surface area contributed by atoms with Crippen LogP contribution in [0.3, 0.4) is 0 Å². The summed E-state index contributed by atoms with van der Waals surface area (Å²) in [5, 5.41) is 13.3. The van der Waals surface area contributed by atoms with Gasteiger partial charge in [-0.3, -0.25) is 14.9 Å². The first kappa shape index (κ1) is 11.5. The molecule has 0 unspecified atom stereocenters. The van der Waals surface area contributed by atoms with E-state index in [9.17, 15) is 14.9 Å². The summed E-state index contributed by atoms with van der Waals surface area (Å²) in [4.78, 5) is 20.3. The molecule has 0 bridgehead atoms. The molecule has 1 rings (SSSR count). The fourth-order valence-corrected chi connectivity index (χ4v) is 1.68. The number of nitrogens with two attached hydrogens (primary N) is 1. The molecule has 0 aromatic carbocycles. The third kappa shape index (κ3) is 3.57. The number of nitrogens with one attached hydrogen (secondary N) is 1. The highest BCUT2D eigenvalue weighted by atomic mass is 16.6. The van der Waals surface area contributed by atoms with Crippen LogP contribution in [0.25, 0.3) is 0 Å². The summed E-state index contributed by atoms with van der Waals surface area (Å²) in [6.07, 6.45) is 6.55. The normalized spacial score (nSPS) is 18.5. The Hall–Kier alpha value is -1.59. The van der Waals surface area contributed by atoms with Crippen LogP contribution in [0.5, 0.6) is 0 Å². The van der Waals surface area contributed by atoms with Gasteiger partial charge in [-0.05, 0) is 12.8 Å². The highest BCUT2D eigenvalue weighted by molar-refractivity contribution is 5.89. The van der Waals surface area contributed by atoms with Gasteiger partial charge in [-0.2, -0.15) is 0 Å². The van der Waals surface area contributed by atoms with Crippen molar-refractivity contribution in [1.29, 1.82) is 0 Å². The third-order valence-corrected chi connectivity index (χ3v) is 2.51. The lowest BCUT2D eigenvalue weighted by atomic mass is 9.96. The Labute approximate surface area is 87.7 Å². The van der Waals surface area contributed by atoms with Crippen LogP contribution < -0.4 is 11.1 Å². The maximum absolute atomic E-state index is 10.7. The van der Waals surface area contributed by atoms with E-state index >= 15 is 0 Å². The van der Waals surface area contributed by atoms with Gasteiger partial charge in [-0.15, -0.1) is 0 Å². The molecular formula is C9H15N3O3. The average molecular weight is 213 g/mol. The second kappa shape index (κ2) is 5.33. The number of primary amides is 1. The minimum atomic E-state index is -1.01. The smallest absolute Gasteiger partial charge is 0.348 e. The maximum atomic E-state index is 10.7. The average Bonchev–Trinajstić information content (AvgIpc) is 2.18. The van der Waals surface area contributed by atoms with Gasteiger partial charge in [0.1, 0.15) is 0 Å². The molecule has 0 spiro atoms. The first-order chi connectivity index (χ1) is 7.11. The molecule has 3 N–H and O–H groups in total. The van der Waals surface area contributed by atoms with Crippen LogP contribution in [-0.4, -0.2) is 16.9 Å². The maximum Gasteiger partial charge on any atom is 0.348 e. The molecular weight excluding hydrogens is 198 g/mol. The van der Waals surface area contributed by atoms with E-state index in [1.807, 2.05) is 0 Å². The largest absolute Gasteiger partial charge is 0.382 e. The second-order valence-electron chi connectivity index (χ2n) is 3.65. The number of rotatable bonds is 4. The number of hydrogen-bond donors (Lipinski definition) is 2. The van der Waals surface area contributed by atoms with Crippen molar-refractivity contribution in [3.63, 3.8) is 0 Å². The zero-order chi connectivity index (χ0) is 11.3. The Morgan fingerprint density at radius 3 is 2.47 bits per heavy atom. The molecule has 1 amide bonds. The van der Waals surface area contributed by atoms with E-state index in [0.29, 0.717) is 0 Å². The van der Waals surface area contributed by atoms with Crippen LogP contribution in [0.2, 0.25) is 0 Å². The number of carbonyl (C=O) groups is 1. The molecule has 0 aliphatic heterocycles. The third-order valence-electron chi connectivity index (χ3n) is 2.51. The van der Waals surface area contributed by atoms with Crippen LogP contribution >= 0.6 is 0 Å². The Morgan fingerprint density at radius 2 is 2.00 bits per heavy atom. The van der Waals surface area contributed by atoms with Crippen molar-refractivity contribution >= 4 is 5.91 Å². The van der Waals surface area contributed by atoms with Gasteiger partial charge in [0.25, 0.3) is 0 Å². The molecule has 15 heavy (non-hydrogen) atoms. The molecule has 0 aromatic heterocycles. The van der Waals surface area contributed by atoms with Crippen molar-refractivity contribution in [2.75, 3.05) is 0 Å². The van der Waals surface area contributed by atoms with Gasteiger partial charge in [-0.25, -0.2) is 0 Å². The molecule has 1 aliphatic carbocycles. The van der Waals surface area contributed by atoms with E-state index in [0.717, 1.165) is 31.9 Å². The van der Waals surface area contributed by atoms with Gasteiger partial charge in [0.2, 0.25) is 0 Å². The summed E-state index contributed by atoms with van der Waals surface area (Å²) >= 11 is 0. The van der Waals surface area contributed by atoms with Gasteiger partial charge in [0.05, 0.1) is 11.1 Å². The summed E-state index contributed by atoms with van der Waals surface area (Å²) < 4.78 is 0. The first-order valence-electron chi connectivity index (χ1n) is 5.01. The lowest BCUT2D eigenvalue weighted by Gasteiger charge is -2.21. The van der Waals surface area contributed by atoms with Crippen molar-refractivity contribution in [3.05, 3.63) is 22.0 Å². The molecule has 0 aromatic rings. The van der Waals surface area contributed by atoms with E-state index < -0.39 is 16.5 Å². The molecule has 0 atom stereocenters. The fourth-order valence-electron chi connectivity index (χ4n) is 1.68. The lowest BCUT2D eigenvalue weighted by molar-refractivity contribution is -0.419. The number of nitrogens with zero attached hydrogens (tertiary/aromatic N) is 1. The van der Waals surface area contributed by atoms with E-state index in [1.165, 1.54) is 6.42 Å². The topological polar surface area (TPSA) is 98.3 Å². The molecule has 0 heterocycles. The zero-order valence-corrected chi connectivity index (χ0v) is 8.44. The Bertz CT molecular complexity index is 266. The Balaban J connectivity index is 2.52. The van der Waals surface area contributed by atoms with Crippen molar-refractivity contribution in [2.24, 2.45) is 5.73 Å². The highest BCUT2D eigenvalue weighted by Gasteiger charge is 2.19. The van der Waals surface area contributed by atoms with Gasteiger partial charge in [-0.1, -0.05) is 19.3 Å². The molecule has 6 heteroatoms. The predicted molar refractivity (Wildman–Crippen MR) is 54.3 cm³/mol. The standard InChI is InChI=1S/C9H15N3O3/c10-9(13)8(12(14)15)6-11-7-4-2-1-3-5-7/h6-7,11H,1-5H2,(H2,10,13)/b8-6+. The van der Waals surface area contributed by atoms with Gasteiger partial charge in [0.15, 0.2) is 0 Å². The van der Waals surface area contributed by atoms with Gasteiger partial charge >= 0.3 is 11.6 Å². The summed E-state index contributed by atoms with van der Waals surface area (Å²) in [6, 6.07) is 0.230. The van der Waals surface area contributed by atoms with E-state index in [4.69, 9.17) is 5.73 Å². The molecule has 0 radical (unpaired) electrons. The van der Waals surface area contributed by atoms with E-state index in [-0.39, 0.29) is 6.04 Å². The monoisotopic (exact) mass is 213 g/mol. The van der Waals surface area contributed by atoms with Crippen LogP contribution in [0.1, 0.15) is 32.1 Å². The van der Waals surface area contributed by atoms with E-state index in [2.05, 4.69) is 5.32 Å². The highest BCUT2D eigenvalue weighted by Crippen LogP contribution is 2.17. The van der Waals surface area contributed by atoms with Crippen LogP contribution in [0, 0.1) is 10.1 Å². The van der Waals surface area contributed by atoms with Crippen LogP contribution in [0.4, 0.5) is 0 Å². The number of nitro groups is 1. The van der Waals surface area contributed by atoms with E-state index in [1.54, 1.807) is 0 Å². The summed E-state index contributed by atoms with van der Waals surface area (Å²) in [5.41, 5.74) is 4.28. The predicted octanol–water partition coefficient (Wildman–Crippen LogP) is 0.512. The molecule has 1 saturated carbocycles. The summed E-state index contributed by atoms with van der Waals surface area (Å²) in [7, 11) is 0. The van der Waals surface area contributed by atoms with Gasteiger partial charge in [0, 0.05) is 6.04 Å². The number of carbonyl (C=O) groups excluding carboxylic acids is 1. The molecule has 1 aliphatic rings. The van der Waals surface area contributed by atoms with Crippen molar-refractivity contribution in [1.82, 2.24) is 5.32 Å².